The van der Waals surface area contributed by atoms with Crippen LogP contribution in [0.2, 0.25) is 0 Å². The molecule has 0 aromatic heterocycles. The number of nitrogens with two attached hydrogens (primary N) is 1. The van der Waals surface area contributed by atoms with Gasteiger partial charge in [-0.25, -0.2) is 0 Å². The van der Waals surface area contributed by atoms with Gasteiger partial charge in [-0.1, -0.05) is 19.1 Å². The van der Waals surface area contributed by atoms with Crippen molar-refractivity contribution in [1.29, 1.82) is 0 Å². The molecule has 0 spiro atoms. The van der Waals surface area contributed by atoms with E-state index >= 15 is 0 Å². The molecule has 0 aliphatic carbocycles. The molecule has 0 radical (unpaired) electrons. The van der Waals surface area contributed by atoms with Gasteiger partial charge in [-0.2, -0.15) is 0 Å². The van der Waals surface area contributed by atoms with Crippen LogP contribution in [0.1, 0.15) is 20.3 Å². The average molecular weight is 138 g/mol. The molecular weight excluding hydrogens is 122 g/mol. The molecule has 8 heavy (non-hydrogen) atoms. The predicted molar refractivity (Wildman–Crippen MR) is 42.5 cm³/mol. The van der Waals surface area contributed by atoms with Crippen molar-refractivity contribution in [1.82, 2.24) is 0 Å². The molecular formula is C6H16ClN. The molecule has 0 atom stereocenters. The number of rotatable bonds is 1. The average Bonchev–Trinajstić information content (AvgIpc) is 1.75. The summed E-state index contributed by atoms with van der Waals surface area (Å²) in [6.07, 6.45) is 5.34. The van der Waals surface area contributed by atoms with Gasteiger partial charge in [0.25, 0.3) is 0 Å². The first-order valence-corrected chi connectivity index (χ1v) is 2.60. The van der Waals surface area contributed by atoms with Gasteiger partial charge in [-0.15, -0.1) is 12.4 Å². The number of hydrogen-bond donors (Lipinski definition) is 1. The maximum atomic E-state index is 4.50. The number of allylic oxidation sites excluding steroid dienone is 2. The maximum Gasteiger partial charge on any atom is -0.0195 e. The molecule has 0 aliphatic heterocycles. The predicted octanol–water partition coefficient (Wildman–Crippen LogP) is 1.97. The Morgan fingerprint density at radius 3 is 1.75 bits per heavy atom. The van der Waals surface area contributed by atoms with E-state index in [-0.39, 0.29) is 12.4 Å². The molecule has 0 aromatic carbocycles. The first-order chi connectivity index (χ1) is 3.41. The van der Waals surface area contributed by atoms with Crippen LogP contribution in [-0.4, -0.2) is 7.05 Å². The maximum absolute atomic E-state index is 4.50. The molecule has 0 amide bonds. The Labute approximate surface area is 58.4 Å². The largest absolute Gasteiger partial charge is 0.333 e. The van der Waals surface area contributed by atoms with Crippen molar-refractivity contribution in [2.75, 3.05) is 7.05 Å². The zero-order chi connectivity index (χ0) is 6.12. The van der Waals surface area contributed by atoms with Gasteiger partial charge < -0.3 is 5.73 Å². The zero-order valence-corrected chi connectivity index (χ0v) is 6.66. The first kappa shape index (κ1) is 15.7. The lowest BCUT2D eigenvalue weighted by atomic mass is 10.4. The number of halogens is 1. The summed E-state index contributed by atoms with van der Waals surface area (Å²) in [6.45, 7) is 4.16. The second-order valence-electron chi connectivity index (χ2n) is 0.977. The highest BCUT2D eigenvalue weighted by Crippen LogP contribution is 1.73. The molecule has 0 heterocycles. The van der Waals surface area contributed by atoms with Crippen LogP contribution in [0.4, 0.5) is 0 Å². The van der Waals surface area contributed by atoms with E-state index < -0.39 is 0 Å². The highest BCUT2D eigenvalue weighted by molar-refractivity contribution is 5.85. The minimum absolute atomic E-state index is 0. The highest BCUT2D eigenvalue weighted by Gasteiger charge is 1.52. The van der Waals surface area contributed by atoms with E-state index in [0.717, 1.165) is 6.42 Å². The van der Waals surface area contributed by atoms with Crippen molar-refractivity contribution in [2.45, 2.75) is 20.3 Å². The van der Waals surface area contributed by atoms with Crippen LogP contribution >= 0.6 is 12.4 Å². The van der Waals surface area contributed by atoms with Crippen LogP contribution in [0.25, 0.3) is 0 Å². The summed E-state index contributed by atoms with van der Waals surface area (Å²) in [5, 5.41) is 0. The van der Waals surface area contributed by atoms with Crippen LogP contribution in [0.3, 0.4) is 0 Å². The fourth-order valence-corrected chi connectivity index (χ4v) is 0.236. The van der Waals surface area contributed by atoms with E-state index in [4.69, 9.17) is 0 Å². The summed E-state index contributed by atoms with van der Waals surface area (Å²) in [7, 11) is 1.50. The van der Waals surface area contributed by atoms with Gasteiger partial charge >= 0.3 is 0 Å². The zero-order valence-electron chi connectivity index (χ0n) is 5.85. The van der Waals surface area contributed by atoms with Crippen LogP contribution in [0, 0.1) is 0 Å². The van der Waals surface area contributed by atoms with Gasteiger partial charge in [0.2, 0.25) is 0 Å². The third-order valence-electron chi connectivity index (χ3n) is 0.471. The molecule has 1 nitrogen and oxygen atoms in total. The summed E-state index contributed by atoms with van der Waals surface area (Å²) < 4.78 is 0. The minimum Gasteiger partial charge on any atom is -0.333 e. The van der Waals surface area contributed by atoms with Crippen LogP contribution < -0.4 is 5.73 Å². The SMILES string of the molecule is CC=CCC.CN.Cl. The molecule has 0 unspecified atom stereocenters. The third-order valence-corrected chi connectivity index (χ3v) is 0.471. The van der Waals surface area contributed by atoms with Gasteiger partial charge in [0.05, 0.1) is 0 Å². The molecule has 2 heteroatoms. The Kier molecular flexibility index (Phi) is 55.0. The van der Waals surface area contributed by atoms with Gasteiger partial charge in [-0.3, -0.25) is 0 Å². The summed E-state index contributed by atoms with van der Waals surface area (Å²) >= 11 is 0. The van der Waals surface area contributed by atoms with Gasteiger partial charge in [-0.05, 0) is 20.4 Å². The smallest absolute Gasteiger partial charge is 0.0195 e. The fourth-order valence-electron chi connectivity index (χ4n) is 0.236. The van der Waals surface area contributed by atoms with E-state index in [0.29, 0.717) is 0 Å². The van der Waals surface area contributed by atoms with Gasteiger partial charge in [0.1, 0.15) is 0 Å². The molecule has 0 rings (SSSR count). The molecule has 52 valence electrons. The van der Waals surface area contributed by atoms with E-state index in [2.05, 4.69) is 24.8 Å². The number of hydrogen-bond acceptors (Lipinski definition) is 1. The molecule has 2 N–H and O–H groups in total. The summed E-state index contributed by atoms with van der Waals surface area (Å²) in [6, 6.07) is 0. The highest BCUT2D eigenvalue weighted by atomic mass is 35.5. The Morgan fingerprint density at radius 2 is 1.75 bits per heavy atom. The van der Waals surface area contributed by atoms with Crippen LogP contribution in [0.15, 0.2) is 12.2 Å². The fraction of sp³-hybridized carbons (Fsp3) is 0.667. The van der Waals surface area contributed by atoms with Crippen molar-refractivity contribution in [3.63, 3.8) is 0 Å². The van der Waals surface area contributed by atoms with E-state index in [1.165, 1.54) is 7.05 Å². The summed E-state index contributed by atoms with van der Waals surface area (Å²) in [5.41, 5.74) is 4.50. The summed E-state index contributed by atoms with van der Waals surface area (Å²) in [4.78, 5) is 0. The second-order valence-corrected chi connectivity index (χ2v) is 0.977. The van der Waals surface area contributed by atoms with Crippen molar-refractivity contribution in [2.24, 2.45) is 5.73 Å². The Bertz CT molecular complexity index is 35.5. The lowest BCUT2D eigenvalue weighted by molar-refractivity contribution is 1.22. The molecule has 0 fully saturated rings. The van der Waals surface area contributed by atoms with Gasteiger partial charge in [0, 0.05) is 0 Å². The minimum atomic E-state index is 0. The monoisotopic (exact) mass is 137 g/mol. The quantitative estimate of drug-likeness (QED) is 0.550. The van der Waals surface area contributed by atoms with Crippen molar-refractivity contribution < 1.29 is 0 Å². The van der Waals surface area contributed by atoms with Gasteiger partial charge in [0.15, 0.2) is 0 Å². The molecule has 0 saturated carbocycles. The molecule has 0 saturated heterocycles. The molecule has 0 aliphatic rings. The Hall–Kier alpha value is -0.0100. The normalized spacial score (nSPS) is 7.00. The third kappa shape index (κ3) is 37.7. The Morgan fingerprint density at radius 1 is 1.38 bits per heavy atom. The van der Waals surface area contributed by atoms with E-state index in [9.17, 15) is 0 Å². The molecule has 0 aromatic rings. The first-order valence-electron chi connectivity index (χ1n) is 2.60. The topological polar surface area (TPSA) is 26.0 Å². The standard InChI is InChI=1S/C5H10.CH5N.ClH/c1-3-5-4-2;1-2;/h3,5H,4H2,1-2H3;2H2,1H3;1H. The molecule has 0 bridgehead atoms. The lowest BCUT2D eigenvalue weighted by Crippen LogP contribution is -1.69. The van der Waals surface area contributed by atoms with Crippen LogP contribution in [-0.2, 0) is 0 Å². The van der Waals surface area contributed by atoms with Crippen LogP contribution in [0.5, 0.6) is 0 Å². The van der Waals surface area contributed by atoms with Crippen molar-refractivity contribution >= 4 is 12.4 Å². The summed E-state index contributed by atoms with van der Waals surface area (Å²) in [5.74, 6) is 0. The second kappa shape index (κ2) is 28.1. The van der Waals surface area contributed by atoms with E-state index in [1.807, 2.05) is 6.92 Å². The lowest BCUT2D eigenvalue weighted by Gasteiger charge is -1.65. The Balaban J connectivity index is -0.0000000750. The van der Waals surface area contributed by atoms with Crippen molar-refractivity contribution in [3.05, 3.63) is 12.2 Å². The van der Waals surface area contributed by atoms with E-state index in [1.54, 1.807) is 0 Å². The van der Waals surface area contributed by atoms with Crippen molar-refractivity contribution in [3.8, 4) is 0 Å².